The molecule has 0 amide bonds. The molecule has 51 heavy (non-hydrogen) atoms. The summed E-state index contributed by atoms with van der Waals surface area (Å²) in [5.74, 6) is 0. The number of nitrogens with zero attached hydrogens (tertiary/aromatic N) is 2. The third-order valence-electron chi connectivity index (χ3n) is 10.5. The van der Waals surface area contributed by atoms with Crippen molar-refractivity contribution in [1.29, 1.82) is 0 Å². The van der Waals surface area contributed by atoms with Crippen LogP contribution in [0.2, 0.25) is 0 Å². The largest absolute Gasteiger partial charge is 0.456 e. The summed E-state index contributed by atoms with van der Waals surface area (Å²) in [7, 11) is 0. The maximum atomic E-state index is 6.18. The van der Waals surface area contributed by atoms with Gasteiger partial charge in [-0.3, -0.25) is 0 Å². The molecule has 3 aromatic heterocycles. The van der Waals surface area contributed by atoms with Gasteiger partial charge in [0.05, 0.1) is 27.8 Å². The molecule has 0 N–H and O–H groups in total. The van der Waals surface area contributed by atoms with E-state index in [4.69, 9.17) is 4.42 Å². The van der Waals surface area contributed by atoms with E-state index in [1.807, 2.05) is 12.1 Å². The maximum Gasteiger partial charge on any atom is 0.135 e. The van der Waals surface area contributed by atoms with Crippen molar-refractivity contribution in [3.05, 3.63) is 182 Å². The molecular weight excluding hydrogens is 621 g/mol. The van der Waals surface area contributed by atoms with E-state index in [1.165, 1.54) is 66.0 Å². The Labute approximate surface area is 293 Å². The Kier molecular flexibility index (Phi) is 5.96. The number of para-hydroxylation sites is 5. The number of benzene rings is 8. The molecule has 0 saturated heterocycles. The number of hydrogen-bond donors (Lipinski definition) is 0. The van der Waals surface area contributed by atoms with Gasteiger partial charge >= 0.3 is 0 Å². The lowest BCUT2D eigenvalue weighted by molar-refractivity contribution is 0.669. The normalized spacial score (nSPS) is 11.9. The molecule has 3 heterocycles. The van der Waals surface area contributed by atoms with Crippen LogP contribution >= 0.6 is 0 Å². The molecule has 0 aliphatic carbocycles. The smallest absolute Gasteiger partial charge is 0.135 e. The van der Waals surface area contributed by atoms with E-state index < -0.39 is 0 Å². The molecule has 238 valence electrons. The Morgan fingerprint density at radius 1 is 0.314 bits per heavy atom. The zero-order valence-corrected chi connectivity index (χ0v) is 27.6. The van der Waals surface area contributed by atoms with Gasteiger partial charge in [0.1, 0.15) is 11.2 Å². The summed E-state index contributed by atoms with van der Waals surface area (Å²) in [5, 5.41) is 7.25. The average molecular weight is 651 g/mol. The fourth-order valence-electron chi connectivity index (χ4n) is 8.22. The first-order chi connectivity index (χ1) is 25.3. The van der Waals surface area contributed by atoms with Crippen molar-refractivity contribution < 1.29 is 4.42 Å². The number of fused-ring (bicyclic) bond motifs is 9. The van der Waals surface area contributed by atoms with Crippen molar-refractivity contribution in [3.8, 4) is 33.6 Å². The van der Waals surface area contributed by atoms with Gasteiger partial charge in [0.15, 0.2) is 0 Å². The number of aromatic nitrogens is 2. The third-order valence-corrected chi connectivity index (χ3v) is 10.5. The van der Waals surface area contributed by atoms with Gasteiger partial charge in [0, 0.05) is 43.6 Å². The highest BCUT2D eigenvalue weighted by atomic mass is 16.3. The summed E-state index contributed by atoms with van der Waals surface area (Å²) in [6.45, 7) is 0. The molecule has 0 spiro atoms. The van der Waals surface area contributed by atoms with E-state index in [0.717, 1.165) is 33.2 Å². The van der Waals surface area contributed by atoms with Crippen LogP contribution in [0, 0.1) is 0 Å². The highest BCUT2D eigenvalue weighted by Crippen LogP contribution is 2.41. The summed E-state index contributed by atoms with van der Waals surface area (Å²) < 4.78 is 11.0. The lowest BCUT2D eigenvalue weighted by Crippen LogP contribution is -1.97. The Bertz CT molecular complexity index is 3140. The van der Waals surface area contributed by atoms with Crippen LogP contribution in [0.1, 0.15) is 0 Å². The van der Waals surface area contributed by atoms with Crippen LogP contribution in [0.4, 0.5) is 0 Å². The van der Waals surface area contributed by atoms with E-state index in [1.54, 1.807) is 0 Å². The van der Waals surface area contributed by atoms with Crippen molar-refractivity contribution in [1.82, 2.24) is 9.13 Å². The quantitative estimate of drug-likeness (QED) is 0.186. The minimum atomic E-state index is 0.905. The first kappa shape index (κ1) is 28.0. The fraction of sp³-hybridized carbons (Fsp3) is 0. The molecule has 0 atom stereocenters. The van der Waals surface area contributed by atoms with Crippen molar-refractivity contribution in [2.24, 2.45) is 0 Å². The Balaban J connectivity index is 1.13. The molecular formula is C48H30N2O. The van der Waals surface area contributed by atoms with Crippen LogP contribution in [0.3, 0.4) is 0 Å². The molecule has 0 unspecified atom stereocenters. The van der Waals surface area contributed by atoms with Crippen LogP contribution in [-0.4, -0.2) is 9.13 Å². The molecule has 0 aliphatic heterocycles. The van der Waals surface area contributed by atoms with E-state index in [2.05, 4.69) is 179 Å². The van der Waals surface area contributed by atoms with Gasteiger partial charge in [0.25, 0.3) is 0 Å². The van der Waals surface area contributed by atoms with Gasteiger partial charge in [-0.25, -0.2) is 0 Å². The van der Waals surface area contributed by atoms with Crippen LogP contribution in [-0.2, 0) is 0 Å². The highest BCUT2D eigenvalue weighted by molar-refractivity contribution is 6.13. The van der Waals surface area contributed by atoms with Gasteiger partial charge in [-0.1, -0.05) is 115 Å². The van der Waals surface area contributed by atoms with Crippen LogP contribution in [0.25, 0.3) is 99.2 Å². The molecule has 8 aromatic carbocycles. The second-order valence-corrected chi connectivity index (χ2v) is 13.3. The van der Waals surface area contributed by atoms with Gasteiger partial charge in [0.2, 0.25) is 0 Å². The molecule has 0 bridgehead atoms. The third kappa shape index (κ3) is 4.19. The molecule has 0 saturated carbocycles. The first-order valence-corrected chi connectivity index (χ1v) is 17.4. The van der Waals surface area contributed by atoms with Gasteiger partial charge in [-0.15, -0.1) is 0 Å². The van der Waals surface area contributed by atoms with E-state index in [0.29, 0.717) is 0 Å². The standard InChI is InChI=1S/C48H30N2O/c1-2-12-34(13-3-1)49-43-19-9-6-16-37(43)40-28-31(23-26-45(40)49)32-22-25-38-36-15-5-10-20-44(36)50(46(38)30-32)42-18-8-4-14-35(42)33-24-27-48-41(29-33)39-17-7-11-21-47(39)51-48/h1-30H. The predicted molar refractivity (Wildman–Crippen MR) is 213 cm³/mol. The minimum Gasteiger partial charge on any atom is -0.456 e. The molecule has 11 rings (SSSR count). The maximum absolute atomic E-state index is 6.18. The first-order valence-electron chi connectivity index (χ1n) is 17.4. The zero-order chi connectivity index (χ0) is 33.5. The predicted octanol–water partition coefficient (Wildman–Crippen LogP) is 13.1. The summed E-state index contributed by atoms with van der Waals surface area (Å²) in [6, 6.07) is 65.6. The molecule has 3 heteroatoms. The highest BCUT2D eigenvalue weighted by Gasteiger charge is 2.18. The Morgan fingerprint density at radius 3 is 1.75 bits per heavy atom. The lowest BCUT2D eigenvalue weighted by Gasteiger charge is -2.15. The van der Waals surface area contributed by atoms with Gasteiger partial charge in [-0.05, 0) is 83.4 Å². The zero-order valence-electron chi connectivity index (χ0n) is 27.6. The second kappa shape index (κ2) is 10.8. The van der Waals surface area contributed by atoms with Gasteiger partial charge in [-0.2, -0.15) is 0 Å². The van der Waals surface area contributed by atoms with E-state index in [-0.39, 0.29) is 0 Å². The van der Waals surface area contributed by atoms with Crippen LogP contribution in [0.5, 0.6) is 0 Å². The lowest BCUT2D eigenvalue weighted by atomic mass is 10.00. The SMILES string of the molecule is c1ccc(-n2c3ccccc3c3cc(-c4ccc5c6ccccc6n(-c6ccccc6-c6ccc7oc8ccccc8c7c6)c5c4)ccc32)cc1. The summed E-state index contributed by atoms with van der Waals surface area (Å²) in [5.41, 5.74) is 13.6. The van der Waals surface area contributed by atoms with Crippen molar-refractivity contribution in [2.45, 2.75) is 0 Å². The Morgan fingerprint density at radius 2 is 0.882 bits per heavy atom. The molecule has 0 fully saturated rings. The Hall–Kier alpha value is -6.84. The van der Waals surface area contributed by atoms with Crippen LogP contribution < -0.4 is 0 Å². The molecule has 11 aromatic rings. The van der Waals surface area contributed by atoms with Gasteiger partial charge < -0.3 is 13.6 Å². The topological polar surface area (TPSA) is 23.0 Å². The van der Waals surface area contributed by atoms with E-state index in [9.17, 15) is 0 Å². The fourth-order valence-corrected chi connectivity index (χ4v) is 8.22. The minimum absolute atomic E-state index is 0.905. The number of furan rings is 1. The molecule has 0 aliphatic rings. The molecule has 0 radical (unpaired) electrons. The summed E-state index contributed by atoms with van der Waals surface area (Å²) >= 11 is 0. The summed E-state index contributed by atoms with van der Waals surface area (Å²) in [6.07, 6.45) is 0. The monoisotopic (exact) mass is 650 g/mol. The number of rotatable bonds is 4. The van der Waals surface area contributed by atoms with Crippen molar-refractivity contribution in [2.75, 3.05) is 0 Å². The number of hydrogen-bond acceptors (Lipinski definition) is 1. The summed E-state index contributed by atoms with van der Waals surface area (Å²) in [4.78, 5) is 0. The van der Waals surface area contributed by atoms with Crippen molar-refractivity contribution in [3.63, 3.8) is 0 Å². The average Bonchev–Trinajstić information content (AvgIpc) is 3.85. The van der Waals surface area contributed by atoms with E-state index >= 15 is 0 Å². The second-order valence-electron chi connectivity index (χ2n) is 13.3. The molecule has 3 nitrogen and oxygen atoms in total. The van der Waals surface area contributed by atoms with Crippen LogP contribution in [0.15, 0.2) is 186 Å². The van der Waals surface area contributed by atoms with Crippen molar-refractivity contribution >= 4 is 65.6 Å².